The zero-order valence-corrected chi connectivity index (χ0v) is 13.5. The molecule has 9 heteroatoms. The van der Waals surface area contributed by atoms with Crippen LogP contribution in [0.15, 0.2) is 36.7 Å². The Labute approximate surface area is 143 Å². The Kier molecular flexibility index (Phi) is 5.67. The van der Waals surface area contributed by atoms with Crippen molar-refractivity contribution in [1.82, 2.24) is 25.0 Å². The molecule has 0 aliphatic carbocycles. The summed E-state index contributed by atoms with van der Waals surface area (Å²) in [6, 6.07) is 8.74. The number of rotatable bonds is 6. The fourth-order valence-electron chi connectivity index (χ4n) is 2.74. The zero-order valence-electron chi connectivity index (χ0n) is 13.5. The molecule has 3 rings (SSSR count). The van der Waals surface area contributed by atoms with Crippen molar-refractivity contribution < 1.29 is 18.3 Å². The monoisotopic (exact) mass is 351 g/mol. The molecule has 25 heavy (non-hydrogen) atoms. The lowest BCUT2D eigenvalue weighted by Gasteiger charge is -2.34. The van der Waals surface area contributed by atoms with Gasteiger partial charge in [-0.15, -0.1) is 10.2 Å². The second-order valence-corrected chi connectivity index (χ2v) is 5.65. The van der Waals surface area contributed by atoms with Gasteiger partial charge in [-0.1, -0.05) is 18.2 Å². The Morgan fingerprint density at radius 1 is 1.36 bits per heavy atom. The molecule has 0 saturated carbocycles. The van der Waals surface area contributed by atoms with E-state index >= 15 is 0 Å². The second-order valence-electron chi connectivity index (χ2n) is 5.65. The van der Waals surface area contributed by atoms with Crippen molar-refractivity contribution in [2.45, 2.75) is 19.0 Å². The molecule has 0 unspecified atom stereocenters. The van der Waals surface area contributed by atoms with E-state index in [1.165, 1.54) is 4.90 Å². The van der Waals surface area contributed by atoms with E-state index in [-0.39, 0.29) is 19.1 Å². The summed E-state index contributed by atoms with van der Waals surface area (Å²) in [5, 5.41) is 10.6. The van der Waals surface area contributed by atoms with E-state index in [2.05, 4.69) is 15.5 Å². The summed E-state index contributed by atoms with van der Waals surface area (Å²) in [6.07, 6.45) is -0.932. The number of halogens is 2. The van der Waals surface area contributed by atoms with Crippen molar-refractivity contribution >= 4 is 5.91 Å². The second kappa shape index (κ2) is 8.13. The summed E-state index contributed by atoms with van der Waals surface area (Å²) in [5.74, 6) is 0.194. The van der Waals surface area contributed by atoms with Gasteiger partial charge in [0.15, 0.2) is 5.82 Å². The summed E-state index contributed by atoms with van der Waals surface area (Å²) >= 11 is 0. The number of carbonyl (C=O) groups excluding carboxylic acids is 1. The fraction of sp³-hybridized carbons (Fsp3) is 0.438. The molecule has 2 heterocycles. The van der Waals surface area contributed by atoms with Crippen LogP contribution in [0, 0.1) is 0 Å². The van der Waals surface area contributed by atoms with Gasteiger partial charge in [0.1, 0.15) is 12.4 Å². The van der Waals surface area contributed by atoms with Crippen molar-refractivity contribution in [2.75, 3.05) is 26.3 Å². The van der Waals surface area contributed by atoms with E-state index in [0.29, 0.717) is 19.0 Å². The van der Waals surface area contributed by atoms with Gasteiger partial charge in [-0.05, 0) is 12.1 Å². The number of hydrogen-bond acceptors (Lipinski definition) is 5. The average Bonchev–Trinajstić information content (AvgIpc) is 3.09. The Hall–Kier alpha value is -2.39. The minimum atomic E-state index is -2.49. The van der Waals surface area contributed by atoms with Crippen molar-refractivity contribution in [1.29, 1.82) is 0 Å². The van der Waals surface area contributed by atoms with Crippen molar-refractivity contribution in [3.63, 3.8) is 0 Å². The molecule has 1 aromatic heterocycles. The summed E-state index contributed by atoms with van der Waals surface area (Å²) in [5.41, 5.74) is 0.872. The Bertz CT molecular complexity index is 695. The summed E-state index contributed by atoms with van der Waals surface area (Å²) in [4.78, 5) is 13.8. The summed E-state index contributed by atoms with van der Waals surface area (Å²) in [6.45, 7) is 0.458. The van der Waals surface area contributed by atoms with E-state index < -0.39 is 19.0 Å². The van der Waals surface area contributed by atoms with Crippen LogP contribution in [-0.4, -0.2) is 64.3 Å². The normalized spacial score (nSPS) is 18.4. The number of morpholine rings is 1. The number of nitrogens with zero attached hydrogens (tertiary/aromatic N) is 4. The Morgan fingerprint density at radius 2 is 2.16 bits per heavy atom. The van der Waals surface area contributed by atoms with Gasteiger partial charge in [0.25, 0.3) is 6.43 Å². The first kappa shape index (κ1) is 17.4. The van der Waals surface area contributed by atoms with Crippen LogP contribution in [0.2, 0.25) is 0 Å². The minimum Gasteiger partial charge on any atom is -0.378 e. The minimum absolute atomic E-state index is 0.101. The van der Waals surface area contributed by atoms with Crippen LogP contribution in [0.4, 0.5) is 8.78 Å². The zero-order chi connectivity index (χ0) is 17.6. The van der Waals surface area contributed by atoms with Crippen LogP contribution in [0.5, 0.6) is 0 Å². The number of ether oxygens (including phenoxy) is 1. The standard InChI is InChI=1S/C16H19F2N5O2/c17-14(18)9-22-6-7-25-10-13(22)16(24)19-8-15-21-20-11-23(15)12-4-2-1-3-5-12/h1-5,11,13-14H,6-10H2,(H,19,24)/t13-/m0/s1. The number of hydrogen-bond donors (Lipinski definition) is 1. The Morgan fingerprint density at radius 3 is 2.92 bits per heavy atom. The molecule has 1 atom stereocenters. The third-order valence-electron chi connectivity index (χ3n) is 3.99. The maximum atomic E-state index is 12.7. The lowest BCUT2D eigenvalue weighted by molar-refractivity contribution is -0.134. The number of amides is 1. The number of benzene rings is 1. The van der Waals surface area contributed by atoms with Gasteiger partial charge in [0.2, 0.25) is 5.91 Å². The highest BCUT2D eigenvalue weighted by Gasteiger charge is 2.31. The van der Waals surface area contributed by atoms with Crippen LogP contribution in [0.1, 0.15) is 5.82 Å². The predicted molar refractivity (Wildman–Crippen MR) is 85.4 cm³/mol. The molecule has 1 aliphatic heterocycles. The number of aromatic nitrogens is 3. The van der Waals surface area contributed by atoms with Crippen LogP contribution in [0.25, 0.3) is 5.69 Å². The fourth-order valence-corrected chi connectivity index (χ4v) is 2.74. The highest BCUT2D eigenvalue weighted by atomic mass is 19.3. The average molecular weight is 351 g/mol. The first-order valence-corrected chi connectivity index (χ1v) is 7.97. The van der Waals surface area contributed by atoms with Gasteiger partial charge in [-0.2, -0.15) is 0 Å². The highest BCUT2D eigenvalue weighted by Crippen LogP contribution is 2.11. The quantitative estimate of drug-likeness (QED) is 0.835. The maximum Gasteiger partial charge on any atom is 0.251 e. The van der Waals surface area contributed by atoms with Gasteiger partial charge >= 0.3 is 0 Å². The van der Waals surface area contributed by atoms with Crippen molar-refractivity contribution in [2.24, 2.45) is 0 Å². The molecule has 1 aromatic carbocycles. The van der Waals surface area contributed by atoms with E-state index in [0.717, 1.165) is 5.69 Å². The van der Waals surface area contributed by atoms with E-state index in [1.807, 2.05) is 30.3 Å². The molecule has 1 N–H and O–H groups in total. The summed E-state index contributed by atoms with van der Waals surface area (Å²) < 4.78 is 32.4. The third-order valence-corrected chi connectivity index (χ3v) is 3.99. The number of alkyl halides is 2. The smallest absolute Gasteiger partial charge is 0.251 e. The molecule has 7 nitrogen and oxygen atoms in total. The molecule has 0 spiro atoms. The first-order valence-electron chi connectivity index (χ1n) is 7.97. The Balaban J connectivity index is 1.63. The molecule has 2 aromatic rings. The van der Waals surface area contributed by atoms with Gasteiger partial charge in [0, 0.05) is 12.2 Å². The molecule has 1 aliphatic rings. The summed E-state index contributed by atoms with van der Waals surface area (Å²) in [7, 11) is 0. The van der Waals surface area contributed by atoms with Crippen molar-refractivity contribution in [3.8, 4) is 5.69 Å². The molecular weight excluding hydrogens is 332 g/mol. The van der Waals surface area contributed by atoms with Gasteiger partial charge in [-0.25, -0.2) is 8.78 Å². The van der Waals surface area contributed by atoms with Crippen LogP contribution in [-0.2, 0) is 16.1 Å². The predicted octanol–water partition coefficient (Wildman–Crippen LogP) is 0.849. The molecule has 0 bridgehead atoms. The van der Waals surface area contributed by atoms with Crippen LogP contribution in [0.3, 0.4) is 0 Å². The largest absolute Gasteiger partial charge is 0.378 e. The topological polar surface area (TPSA) is 72.3 Å². The SMILES string of the molecule is O=C(NCc1nncn1-c1ccccc1)[C@@H]1COCCN1CC(F)F. The number of para-hydroxylation sites is 1. The van der Waals surface area contributed by atoms with Gasteiger partial charge in [0.05, 0.1) is 26.3 Å². The molecule has 1 saturated heterocycles. The molecule has 0 radical (unpaired) electrons. The highest BCUT2D eigenvalue weighted by molar-refractivity contribution is 5.81. The first-order chi connectivity index (χ1) is 12.1. The molecule has 1 fully saturated rings. The van der Waals surface area contributed by atoms with E-state index in [1.54, 1.807) is 10.9 Å². The van der Waals surface area contributed by atoms with Gasteiger partial charge in [-0.3, -0.25) is 14.3 Å². The van der Waals surface area contributed by atoms with E-state index in [9.17, 15) is 13.6 Å². The lowest BCUT2D eigenvalue weighted by atomic mass is 10.2. The van der Waals surface area contributed by atoms with Crippen LogP contribution < -0.4 is 5.32 Å². The molecule has 1 amide bonds. The number of nitrogens with one attached hydrogen (secondary N) is 1. The van der Waals surface area contributed by atoms with E-state index in [4.69, 9.17) is 4.74 Å². The maximum absolute atomic E-state index is 12.7. The number of carbonyl (C=O) groups is 1. The van der Waals surface area contributed by atoms with Crippen LogP contribution >= 0.6 is 0 Å². The van der Waals surface area contributed by atoms with Gasteiger partial charge < -0.3 is 10.1 Å². The lowest BCUT2D eigenvalue weighted by Crippen LogP contribution is -2.54. The third kappa shape index (κ3) is 4.37. The van der Waals surface area contributed by atoms with Crippen molar-refractivity contribution in [3.05, 3.63) is 42.5 Å². The molecule has 134 valence electrons. The molecular formula is C16H19F2N5O2.